The molecule has 0 spiro atoms. The van der Waals surface area contributed by atoms with Gasteiger partial charge in [-0.25, -0.2) is 9.37 Å². The highest BCUT2D eigenvalue weighted by Crippen LogP contribution is 2.28. The van der Waals surface area contributed by atoms with Crippen molar-refractivity contribution in [1.82, 2.24) is 4.98 Å². The van der Waals surface area contributed by atoms with Gasteiger partial charge in [-0.1, -0.05) is 46.7 Å². The minimum atomic E-state index is -0.283. The van der Waals surface area contributed by atoms with Crippen molar-refractivity contribution in [2.45, 2.75) is 23.5 Å². The summed E-state index contributed by atoms with van der Waals surface area (Å²) in [6.45, 7) is 2.28. The molecule has 0 fully saturated rings. The number of hydrogen-bond donors (Lipinski definition) is 0. The molecule has 0 atom stereocenters. The molecule has 126 valence electrons. The SMILES string of the molecule is Cc1ccc(Sc2ncccc2C=NOCc2cccc(F)c2)cc1. The molecule has 0 bridgehead atoms. The van der Waals surface area contributed by atoms with E-state index in [4.69, 9.17) is 4.84 Å². The average molecular weight is 352 g/mol. The monoisotopic (exact) mass is 352 g/mol. The van der Waals surface area contributed by atoms with Crippen LogP contribution in [0.4, 0.5) is 4.39 Å². The first-order valence-corrected chi connectivity index (χ1v) is 8.62. The van der Waals surface area contributed by atoms with Gasteiger partial charge in [-0.15, -0.1) is 0 Å². The Hall–Kier alpha value is -2.66. The molecule has 0 aliphatic heterocycles. The Bertz CT molecular complexity index is 866. The third kappa shape index (κ3) is 5.16. The highest BCUT2D eigenvalue weighted by molar-refractivity contribution is 7.99. The van der Waals surface area contributed by atoms with Gasteiger partial charge < -0.3 is 4.84 Å². The zero-order chi connectivity index (χ0) is 17.5. The van der Waals surface area contributed by atoms with Gasteiger partial charge in [0, 0.05) is 16.7 Å². The van der Waals surface area contributed by atoms with Gasteiger partial charge in [-0.05, 0) is 48.9 Å². The van der Waals surface area contributed by atoms with Crippen LogP contribution >= 0.6 is 11.8 Å². The summed E-state index contributed by atoms with van der Waals surface area (Å²) >= 11 is 1.57. The zero-order valence-corrected chi connectivity index (χ0v) is 14.5. The molecule has 25 heavy (non-hydrogen) atoms. The van der Waals surface area contributed by atoms with Crippen molar-refractivity contribution in [2.24, 2.45) is 5.16 Å². The van der Waals surface area contributed by atoms with Crippen LogP contribution in [0.3, 0.4) is 0 Å². The van der Waals surface area contributed by atoms with Crippen LogP contribution in [0.25, 0.3) is 0 Å². The van der Waals surface area contributed by atoms with Crippen molar-refractivity contribution in [3.05, 3.63) is 89.4 Å². The maximum Gasteiger partial charge on any atom is 0.142 e. The Balaban J connectivity index is 1.65. The minimum Gasteiger partial charge on any atom is -0.391 e. The topological polar surface area (TPSA) is 34.5 Å². The van der Waals surface area contributed by atoms with Gasteiger partial charge >= 0.3 is 0 Å². The highest BCUT2D eigenvalue weighted by Gasteiger charge is 2.04. The van der Waals surface area contributed by atoms with Crippen LogP contribution in [-0.4, -0.2) is 11.2 Å². The molecule has 0 saturated carbocycles. The third-order valence-corrected chi connectivity index (χ3v) is 4.46. The van der Waals surface area contributed by atoms with Crippen LogP contribution in [0.15, 0.2) is 81.9 Å². The van der Waals surface area contributed by atoms with E-state index in [-0.39, 0.29) is 12.4 Å². The number of benzene rings is 2. The number of aryl methyl sites for hydroxylation is 1. The van der Waals surface area contributed by atoms with E-state index in [0.29, 0.717) is 0 Å². The van der Waals surface area contributed by atoms with Crippen LogP contribution < -0.4 is 0 Å². The van der Waals surface area contributed by atoms with Crippen LogP contribution in [0.1, 0.15) is 16.7 Å². The molecule has 0 radical (unpaired) electrons. The largest absolute Gasteiger partial charge is 0.391 e. The summed E-state index contributed by atoms with van der Waals surface area (Å²) < 4.78 is 13.1. The van der Waals surface area contributed by atoms with Gasteiger partial charge in [-0.2, -0.15) is 0 Å². The summed E-state index contributed by atoms with van der Waals surface area (Å²) in [4.78, 5) is 10.8. The molecule has 3 aromatic rings. The normalized spacial score (nSPS) is 11.0. The quantitative estimate of drug-likeness (QED) is 0.450. The lowest BCUT2D eigenvalue weighted by molar-refractivity contribution is 0.132. The molecule has 0 aliphatic rings. The predicted molar refractivity (Wildman–Crippen MR) is 98.3 cm³/mol. The summed E-state index contributed by atoms with van der Waals surface area (Å²) in [6.07, 6.45) is 3.38. The van der Waals surface area contributed by atoms with E-state index in [1.165, 1.54) is 17.7 Å². The fourth-order valence-electron chi connectivity index (χ4n) is 2.14. The first-order chi connectivity index (χ1) is 12.2. The van der Waals surface area contributed by atoms with E-state index in [0.717, 1.165) is 21.0 Å². The number of hydrogen-bond acceptors (Lipinski definition) is 4. The molecular weight excluding hydrogens is 335 g/mol. The summed E-state index contributed by atoms with van der Waals surface area (Å²) in [5.41, 5.74) is 2.82. The predicted octanol–water partition coefficient (Wildman–Crippen LogP) is 5.23. The standard InChI is InChI=1S/C20H17FN2OS/c1-15-7-9-19(10-8-15)25-20-17(5-3-11-22-20)13-23-24-14-16-4-2-6-18(21)12-16/h2-13H,14H2,1H3. The van der Waals surface area contributed by atoms with Gasteiger partial charge in [0.15, 0.2) is 0 Å². The summed E-state index contributed by atoms with van der Waals surface area (Å²) in [5, 5.41) is 4.83. The van der Waals surface area contributed by atoms with Crippen molar-refractivity contribution < 1.29 is 9.23 Å². The lowest BCUT2D eigenvalue weighted by atomic mass is 10.2. The van der Waals surface area contributed by atoms with Gasteiger partial charge in [0.05, 0.1) is 6.21 Å². The molecule has 0 N–H and O–H groups in total. The fraction of sp³-hybridized carbons (Fsp3) is 0.100. The second kappa shape index (κ2) is 8.44. The number of nitrogens with zero attached hydrogens (tertiary/aromatic N) is 2. The Kier molecular flexibility index (Phi) is 5.80. The summed E-state index contributed by atoms with van der Waals surface area (Å²) in [7, 11) is 0. The molecule has 1 heterocycles. The van der Waals surface area contributed by atoms with Crippen LogP contribution in [0, 0.1) is 12.7 Å². The average Bonchev–Trinajstić information content (AvgIpc) is 2.62. The van der Waals surface area contributed by atoms with Crippen LogP contribution in [0.2, 0.25) is 0 Å². The molecule has 3 rings (SSSR count). The van der Waals surface area contributed by atoms with Crippen molar-refractivity contribution >= 4 is 18.0 Å². The molecule has 3 nitrogen and oxygen atoms in total. The fourth-order valence-corrected chi connectivity index (χ4v) is 2.98. The Morgan fingerprint density at radius 3 is 2.76 bits per heavy atom. The van der Waals surface area contributed by atoms with Crippen LogP contribution in [0.5, 0.6) is 0 Å². The third-order valence-electron chi connectivity index (χ3n) is 3.42. The van der Waals surface area contributed by atoms with Gasteiger partial charge in [0.2, 0.25) is 0 Å². The molecule has 0 aliphatic carbocycles. The van der Waals surface area contributed by atoms with E-state index in [1.54, 1.807) is 36.3 Å². The Morgan fingerprint density at radius 1 is 1.12 bits per heavy atom. The maximum absolute atomic E-state index is 13.1. The molecule has 1 aromatic heterocycles. The lowest BCUT2D eigenvalue weighted by Gasteiger charge is -2.05. The Morgan fingerprint density at radius 2 is 1.96 bits per heavy atom. The van der Waals surface area contributed by atoms with E-state index < -0.39 is 0 Å². The summed E-state index contributed by atoms with van der Waals surface area (Å²) in [6, 6.07) is 18.3. The number of rotatable bonds is 6. The molecule has 0 amide bonds. The second-order valence-electron chi connectivity index (χ2n) is 5.45. The van der Waals surface area contributed by atoms with Crippen molar-refractivity contribution in [3.8, 4) is 0 Å². The number of pyridine rings is 1. The molecule has 0 saturated heterocycles. The highest BCUT2D eigenvalue weighted by atomic mass is 32.2. The van der Waals surface area contributed by atoms with Gasteiger partial charge in [0.25, 0.3) is 0 Å². The Labute approximate surface area is 150 Å². The van der Waals surface area contributed by atoms with E-state index in [1.807, 2.05) is 12.1 Å². The molecular formula is C20H17FN2OS. The number of aromatic nitrogens is 1. The minimum absolute atomic E-state index is 0.217. The van der Waals surface area contributed by atoms with Crippen molar-refractivity contribution in [1.29, 1.82) is 0 Å². The molecule has 5 heteroatoms. The van der Waals surface area contributed by atoms with Crippen molar-refractivity contribution in [3.63, 3.8) is 0 Å². The van der Waals surface area contributed by atoms with Gasteiger partial charge in [-0.3, -0.25) is 0 Å². The lowest BCUT2D eigenvalue weighted by Crippen LogP contribution is -1.92. The van der Waals surface area contributed by atoms with Crippen molar-refractivity contribution in [2.75, 3.05) is 0 Å². The van der Waals surface area contributed by atoms with E-state index in [9.17, 15) is 4.39 Å². The van der Waals surface area contributed by atoms with Gasteiger partial charge in [0.1, 0.15) is 17.5 Å². The number of oxime groups is 1. The molecule has 0 unspecified atom stereocenters. The second-order valence-corrected chi connectivity index (χ2v) is 6.51. The first-order valence-electron chi connectivity index (χ1n) is 7.80. The van der Waals surface area contributed by atoms with Crippen LogP contribution in [-0.2, 0) is 11.4 Å². The first kappa shape index (κ1) is 17.2. The summed E-state index contributed by atoms with van der Waals surface area (Å²) in [5.74, 6) is -0.283. The van der Waals surface area contributed by atoms with E-state index in [2.05, 4.69) is 41.3 Å². The number of halogens is 1. The van der Waals surface area contributed by atoms with E-state index >= 15 is 0 Å². The smallest absolute Gasteiger partial charge is 0.142 e. The zero-order valence-electron chi connectivity index (χ0n) is 13.7. The maximum atomic E-state index is 13.1. The molecule has 2 aromatic carbocycles.